The minimum absolute atomic E-state index is 0.0242. The molecule has 0 bridgehead atoms. The van der Waals surface area contributed by atoms with Gasteiger partial charge in [-0.3, -0.25) is 14.0 Å². The fourth-order valence-electron chi connectivity index (χ4n) is 4.19. The van der Waals surface area contributed by atoms with Crippen molar-refractivity contribution >= 4 is 23.3 Å². The summed E-state index contributed by atoms with van der Waals surface area (Å²) in [5.41, 5.74) is 2.83. The molecule has 1 aromatic carbocycles. The fraction of sp³-hybridized carbons (Fsp3) is 0.250. The molecule has 1 fully saturated rings. The lowest BCUT2D eigenvalue weighted by molar-refractivity contribution is -0.121. The van der Waals surface area contributed by atoms with Crippen molar-refractivity contribution in [2.75, 3.05) is 18.4 Å². The third-order valence-electron chi connectivity index (χ3n) is 5.87. The maximum atomic E-state index is 13.1. The molecular formula is C24H23N5O3. The molecule has 0 spiro atoms. The summed E-state index contributed by atoms with van der Waals surface area (Å²) in [5, 5.41) is 3.01. The minimum atomic E-state index is -0.142. The van der Waals surface area contributed by atoms with Gasteiger partial charge in [-0.1, -0.05) is 12.1 Å². The van der Waals surface area contributed by atoms with E-state index in [1.807, 2.05) is 43.3 Å². The molecule has 0 radical (unpaired) electrons. The number of amides is 2. The molecule has 4 aromatic rings. The van der Waals surface area contributed by atoms with Gasteiger partial charge in [0.25, 0.3) is 5.91 Å². The van der Waals surface area contributed by atoms with Crippen LogP contribution in [0.25, 0.3) is 17.1 Å². The number of carbonyl (C=O) groups excluding carboxylic acids is 2. The molecule has 4 heterocycles. The Kier molecular flexibility index (Phi) is 5.18. The molecule has 5 rings (SSSR count). The smallest absolute Gasteiger partial charge is 0.272 e. The lowest BCUT2D eigenvalue weighted by Gasteiger charge is -2.31. The first-order valence-electron chi connectivity index (χ1n) is 10.6. The van der Waals surface area contributed by atoms with Gasteiger partial charge in [0.05, 0.1) is 12.0 Å². The summed E-state index contributed by atoms with van der Waals surface area (Å²) in [7, 11) is 0. The van der Waals surface area contributed by atoms with Gasteiger partial charge in [0.1, 0.15) is 11.5 Å². The van der Waals surface area contributed by atoms with Gasteiger partial charge in [-0.05, 0) is 50.1 Å². The highest BCUT2D eigenvalue weighted by atomic mass is 16.3. The van der Waals surface area contributed by atoms with Crippen LogP contribution in [0.2, 0.25) is 0 Å². The molecule has 8 heteroatoms. The van der Waals surface area contributed by atoms with Crippen LogP contribution in [0.4, 0.5) is 5.69 Å². The number of imidazole rings is 1. The summed E-state index contributed by atoms with van der Waals surface area (Å²) < 4.78 is 7.16. The second-order valence-corrected chi connectivity index (χ2v) is 7.95. The molecule has 0 saturated carbocycles. The largest absolute Gasteiger partial charge is 0.464 e. The molecule has 162 valence electrons. The third kappa shape index (κ3) is 3.75. The summed E-state index contributed by atoms with van der Waals surface area (Å²) in [6.07, 6.45) is 6.31. The van der Waals surface area contributed by atoms with E-state index < -0.39 is 0 Å². The van der Waals surface area contributed by atoms with Gasteiger partial charge < -0.3 is 14.6 Å². The number of aromatic nitrogens is 3. The molecule has 0 aliphatic carbocycles. The Balaban J connectivity index is 1.23. The molecular weight excluding hydrogens is 406 g/mol. The standard InChI is InChI=1S/C24H23N5O3/c1-16-21(29-11-4-10-25-24(29)26-16)23(31)28-12-8-17(9-13-28)22(30)27-19-6-2-5-18(15-19)20-7-3-14-32-20/h2-7,10-11,14-15,17H,8-9,12-13H2,1H3,(H,27,30). The van der Waals surface area contributed by atoms with E-state index in [1.54, 1.807) is 34.0 Å². The number of nitrogens with one attached hydrogen (secondary N) is 1. The van der Waals surface area contributed by atoms with Gasteiger partial charge in [0, 0.05) is 42.7 Å². The normalized spacial score (nSPS) is 14.6. The quantitative estimate of drug-likeness (QED) is 0.533. The average molecular weight is 429 g/mol. The first kappa shape index (κ1) is 20.0. The second-order valence-electron chi connectivity index (χ2n) is 7.95. The summed E-state index contributed by atoms with van der Waals surface area (Å²) in [6.45, 7) is 2.87. The van der Waals surface area contributed by atoms with E-state index >= 15 is 0 Å². The highest BCUT2D eigenvalue weighted by Crippen LogP contribution is 2.25. The number of likely N-dealkylation sites (tertiary alicyclic amines) is 1. The summed E-state index contributed by atoms with van der Waals surface area (Å²) in [6, 6.07) is 13.1. The number of nitrogens with zero attached hydrogens (tertiary/aromatic N) is 4. The van der Waals surface area contributed by atoms with Gasteiger partial charge in [0.15, 0.2) is 0 Å². The zero-order valence-electron chi connectivity index (χ0n) is 17.7. The van der Waals surface area contributed by atoms with Gasteiger partial charge >= 0.3 is 0 Å². The number of piperidine rings is 1. The first-order chi connectivity index (χ1) is 15.6. The molecule has 1 aliphatic heterocycles. The summed E-state index contributed by atoms with van der Waals surface area (Å²) in [4.78, 5) is 36.4. The van der Waals surface area contributed by atoms with Crippen molar-refractivity contribution in [2.24, 2.45) is 5.92 Å². The Morgan fingerprint density at radius 2 is 1.97 bits per heavy atom. The van der Waals surface area contributed by atoms with Crippen LogP contribution >= 0.6 is 0 Å². The van der Waals surface area contributed by atoms with Gasteiger partial charge in [0.2, 0.25) is 11.7 Å². The maximum absolute atomic E-state index is 13.1. The van der Waals surface area contributed by atoms with E-state index in [4.69, 9.17) is 4.42 Å². The van der Waals surface area contributed by atoms with Crippen LogP contribution in [0.5, 0.6) is 0 Å². The summed E-state index contributed by atoms with van der Waals surface area (Å²) in [5.74, 6) is 1.03. The number of anilines is 1. The van der Waals surface area contributed by atoms with Crippen LogP contribution in [0.3, 0.4) is 0 Å². The number of rotatable bonds is 4. The van der Waals surface area contributed by atoms with Crippen molar-refractivity contribution in [3.05, 3.63) is 72.5 Å². The van der Waals surface area contributed by atoms with Crippen molar-refractivity contribution in [1.29, 1.82) is 0 Å². The second kappa shape index (κ2) is 8.30. The highest BCUT2D eigenvalue weighted by molar-refractivity contribution is 5.95. The number of fused-ring (bicyclic) bond motifs is 1. The van der Waals surface area contributed by atoms with E-state index in [0.717, 1.165) is 17.0 Å². The van der Waals surface area contributed by atoms with Crippen LogP contribution in [0.15, 0.2) is 65.5 Å². The van der Waals surface area contributed by atoms with E-state index in [-0.39, 0.29) is 17.7 Å². The molecule has 0 unspecified atom stereocenters. The van der Waals surface area contributed by atoms with E-state index in [9.17, 15) is 9.59 Å². The van der Waals surface area contributed by atoms with Crippen molar-refractivity contribution in [3.8, 4) is 11.3 Å². The third-order valence-corrected chi connectivity index (χ3v) is 5.87. The van der Waals surface area contributed by atoms with E-state index in [0.29, 0.717) is 43.1 Å². The Morgan fingerprint density at radius 3 is 2.75 bits per heavy atom. The number of hydrogen-bond donors (Lipinski definition) is 1. The minimum Gasteiger partial charge on any atom is -0.464 e. The lowest BCUT2D eigenvalue weighted by Crippen LogP contribution is -2.42. The molecule has 3 aromatic heterocycles. The summed E-state index contributed by atoms with van der Waals surface area (Å²) >= 11 is 0. The van der Waals surface area contributed by atoms with Crippen LogP contribution < -0.4 is 5.32 Å². The average Bonchev–Trinajstić information content (AvgIpc) is 3.46. The molecule has 8 nitrogen and oxygen atoms in total. The number of carbonyl (C=O) groups is 2. The lowest BCUT2D eigenvalue weighted by atomic mass is 9.95. The van der Waals surface area contributed by atoms with E-state index in [1.165, 1.54) is 0 Å². The van der Waals surface area contributed by atoms with Crippen molar-refractivity contribution in [1.82, 2.24) is 19.3 Å². The van der Waals surface area contributed by atoms with Gasteiger partial charge in [-0.2, -0.15) is 0 Å². The highest BCUT2D eigenvalue weighted by Gasteiger charge is 2.30. The van der Waals surface area contributed by atoms with Crippen LogP contribution in [0, 0.1) is 12.8 Å². The van der Waals surface area contributed by atoms with Crippen LogP contribution in [0.1, 0.15) is 29.0 Å². The first-order valence-corrected chi connectivity index (χ1v) is 10.6. The van der Waals surface area contributed by atoms with Crippen LogP contribution in [-0.2, 0) is 4.79 Å². The zero-order valence-corrected chi connectivity index (χ0v) is 17.7. The molecule has 2 amide bonds. The van der Waals surface area contributed by atoms with Gasteiger partial charge in [-0.15, -0.1) is 0 Å². The maximum Gasteiger partial charge on any atom is 0.272 e. The molecule has 0 atom stereocenters. The van der Waals surface area contributed by atoms with Crippen LogP contribution in [-0.4, -0.2) is 44.2 Å². The zero-order chi connectivity index (χ0) is 22.1. The molecule has 1 saturated heterocycles. The fourth-order valence-corrected chi connectivity index (χ4v) is 4.19. The predicted molar refractivity (Wildman–Crippen MR) is 119 cm³/mol. The van der Waals surface area contributed by atoms with E-state index in [2.05, 4.69) is 15.3 Å². The number of furan rings is 1. The monoisotopic (exact) mass is 429 g/mol. The molecule has 1 N–H and O–H groups in total. The number of aryl methyl sites for hydroxylation is 1. The number of benzene rings is 1. The Morgan fingerprint density at radius 1 is 1.12 bits per heavy atom. The Bertz CT molecular complexity index is 1270. The Hall–Kier alpha value is -3.94. The van der Waals surface area contributed by atoms with Crippen molar-refractivity contribution < 1.29 is 14.0 Å². The van der Waals surface area contributed by atoms with Crippen molar-refractivity contribution in [2.45, 2.75) is 19.8 Å². The SMILES string of the molecule is Cc1nc2ncccn2c1C(=O)N1CCC(C(=O)Nc2cccc(-c3ccco3)c2)CC1. The Labute approximate surface area is 184 Å². The van der Waals surface area contributed by atoms with Crippen molar-refractivity contribution in [3.63, 3.8) is 0 Å². The number of hydrogen-bond acceptors (Lipinski definition) is 5. The van der Waals surface area contributed by atoms with Gasteiger partial charge in [-0.25, -0.2) is 9.97 Å². The topological polar surface area (TPSA) is 92.7 Å². The predicted octanol–water partition coefficient (Wildman–Crippen LogP) is 3.79. The molecule has 32 heavy (non-hydrogen) atoms. The molecule has 1 aliphatic rings.